The van der Waals surface area contributed by atoms with Gasteiger partial charge >= 0.3 is 0 Å². The van der Waals surface area contributed by atoms with E-state index in [1.807, 2.05) is 21.8 Å². The molecule has 1 fully saturated rings. The van der Waals surface area contributed by atoms with Gasteiger partial charge in [0, 0.05) is 25.5 Å². The first-order chi connectivity index (χ1) is 8.84. The number of carbonyl (C=O) groups is 1. The molecule has 1 saturated heterocycles. The predicted octanol–water partition coefficient (Wildman–Crippen LogP) is 1.95. The van der Waals surface area contributed by atoms with Gasteiger partial charge in [-0.1, -0.05) is 0 Å². The third-order valence-electron chi connectivity index (χ3n) is 3.35. The standard InChI is InChI=1S/C13H15N3O2/c17-13(11-4-8-18-10-11)15-6-1-3-12(9-15)16-7-2-5-14-16/h2,4-5,7-8,10,12H,1,3,6,9H2. The molecule has 2 aromatic heterocycles. The highest BCUT2D eigenvalue weighted by molar-refractivity contribution is 5.93. The fraction of sp³-hybridized carbons (Fsp3) is 0.385. The van der Waals surface area contributed by atoms with Crippen molar-refractivity contribution in [2.24, 2.45) is 0 Å². The number of amides is 1. The summed E-state index contributed by atoms with van der Waals surface area (Å²) in [6, 6.07) is 3.90. The molecule has 3 heterocycles. The molecule has 0 aromatic carbocycles. The van der Waals surface area contributed by atoms with Crippen LogP contribution in [0.2, 0.25) is 0 Å². The summed E-state index contributed by atoms with van der Waals surface area (Å²) in [4.78, 5) is 14.1. The zero-order chi connectivity index (χ0) is 12.4. The van der Waals surface area contributed by atoms with Gasteiger partial charge in [0.25, 0.3) is 5.91 Å². The molecule has 5 nitrogen and oxygen atoms in total. The Morgan fingerprint density at radius 1 is 1.50 bits per heavy atom. The molecule has 0 radical (unpaired) electrons. The number of carbonyl (C=O) groups excluding carboxylic acids is 1. The van der Waals surface area contributed by atoms with Gasteiger partial charge in [-0.25, -0.2) is 0 Å². The van der Waals surface area contributed by atoms with E-state index in [1.165, 1.54) is 12.5 Å². The number of nitrogens with zero attached hydrogens (tertiary/aromatic N) is 3. The van der Waals surface area contributed by atoms with Gasteiger partial charge in [0.05, 0.1) is 17.9 Å². The normalized spacial score (nSPS) is 20.0. The van der Waals surface area contributed by atoms with E-state index in [0.29, 0.717) is 12.1 Å². The molecule has 5 heteroatoms. The summed E-state index contributed by atoms with van der Waals surface area (Å²) in [5.41, 5.74) is 0.621. The smallest absolute Gasteiger partial charge is 0.257 e. The van der Waals surface area contributed by atoms with Gasteiger partial charge in [-0.05, 0) is 25.0 Å². The minimum absolute atomic E-state index is 0.0422. The summed E-state index contributed by atoms with van der Waals surface area (Å²) in [6.45, 7) is 1.52. The Morgan fingerprint density at radius 3 is 3.17 bits per heavy atom. The second kappa shape index (κ2) is 4.68. The largest absolute Gasteiger partial charge is 0.472 e. The van der Waals surface area contributed by atoms with Crippen LogP contribution in [0, 0.1) is 0 Å². The van der Waals surface area contributed by atoms with E-state index in [0.717, 1.165) is 19.4 Å². The maximum absolute atomic E-state index is 12.2. The second-order valence-electron chi connectivity index (χ2n) is 4.55. The molecule has 3 rings (SSSR count). The molecular formula is C13H15N3O2. The van der Waals surface area contributed by atoms with Crippen molar-refractivity contribution in [3.05, 3.63) is 42.6 Å². The maximum atomic E-state index is 12.2. The van der Waals surface area contributed by atoms with E-state index in [-0.39, 0.29) is 11.9 Å². The van der Waals surface area contributed by atoms with Crippen LogP contribution in [0.25, 0.3) is 0 Å². The lowest BCUT2D eigenvalue weighted by molar-refractivity contribution is 0.0672. The van der Waals surface area contributed by atoms with Crippen LogP contribution in [-0.4, -0.2) is 33.7 Å². The molecule has 0 aliphatic carbocycles. The highest BCUT2D eigenvalue weighted by Gasteiger charge is 2.25. The second-order valence-corrected chi connectivity index (χ2v) is 4.55. The number of furan rings is 1. The van der Waals surface area contributed by atoms with Crippen molar-refractivity contribution >= 4 is 5.91 Å². The van der Waals surface area contributed by atoms with Crippen molar-refractivity contribution in [3.63, 3.8) is 0 Å². The topological polar surface area (TPSA) is 51.3 Å². The number of rotatable bonds is 2. The molecule has 0 spiro atoms. The van der Waals surface area contributed by atoms with E-state index < -0.39 is 0 Å². The van der Waals surface area contributed by atoms with Crippen molar-refractivity contribution in [1.29, 1.82) is 0 Å². The fourth-order valence-corrected chi connectivity index (χ4v) is 2.42. The Morgan fingerprint density at radius 2 is 2.44 bits per heavy atom. The predicted molar refractivity (Wildman–Crippen MR) is 65.1 cm³/mol. The first-order valence-corrected chi connectivity index (χ1v) is 6.15. The molecule has 94 valence electrons. The highest BCUT2D eigenvalue weighted by Crippen LogP contribution is 2.22. The summed E-state index contributed by atoms with van der Waals surface area (Å²) in [7, 11) is 0. The molecule has 1 unspecified atom stereocenters. The van der Waals surface area contributed by atoms with Crippen molar-refractivity contribution < 1.29 is 9.21 Å². The van der Waals surface area contributed by atoms with Crippen molar-refractivity contribution in [3.8, 4) is 0 Å². The molecular weight excluding hydrogens is 230 g/mol. The quantitative estimate of drug-likeness (QED) is 0.812. The molecule has 1 atom stereocenters. The summed E-state index contributed by atoms with van der Waals surface area (Å²) < 4.78 is 6.90. The van der Waals surface area contributed by atoms with Gasteiger partial charge in [-0.15, -0.1) is 0 Å². The number of hydrogen-bond donors (Lipinski definition) is 0. The van der Waals surface area contributed by atoms with Gasteiger partial charge < -0.3 is 9.32 Å². The average Bonchev–Trinajstić information content (AvgIpc) is 3.11. The van der Waals surface area contributed by atoms with Crippen LogP contribution in [0.3, 0.4) is 0 Å². The summed E-state index contributed by atoms with van der Waals surface area (Å²) >= 11 is 0. The van der Waals surface area contributed by atoms with E-state index in [9.17, 15) is 4.79 Å². The Kier molecular flexibility index (Phi) is 2.88. The minimum atomic E-state index is 0.0422. The monoisotopic (exact) mass is 245 g/mol. The molecule has 0 saturated carbocycles. The molecule has 1 aliphatic rings. The minimum Gasteiger partial charge on any atom is -0.472 e. The van der Waals surface area contributed by atoms with Gasteiger partial charge in [-0.3, -0.25) is 9.48 Å². The Hall–Kier alpha value is -2.04. The Balaban J connectivity index is 1.73. The van der Waals surface area contributed by atoms with E-state index >= 15 is 0 Å². The van der Waals surface area contributed by atoms with Crippen molar-refractivity contribution in [2.45, 2.75) is 18.9 Å². The zero-order valence-electron chi connectivity index (χ0n) is 10.0. The molecule has 0 bridgehead atoms. The number of piperidine rings is 1. The molecule has 1 aliphatic heterocycles. The fourth-order valence-electron chi connectivity index (χ4n) is 2.42. The van der Waals surface area contributed by atoms with Crippen LogP contribution < -0.4 is 0 Å². The van der Waals surface area contributed by atoms with Gasteiger partial charge in [0.2, 0.25) is 0 Å². The molecule has 0 N–H and O–H groups in total. The Bertz CT molecular complexity index is 504. The van der Waals surface area contributed by atoms with Gasteiger partial charge in [0.1, 0.15) is 6.26 Å². The lowest BCUT2D eigenvalue weighted by Gasteiger charge is -2.32. The van der Waals surface area contributed by atoms with Crippen molar-refractivity contribution in [2.75, 3.05) is 13.1 Å². The summed E-state index contributed by atoms with van der Waals surface area (Å²) in [6.07, 6.45) is 8.83. The van der Waals surface area contributed by atoms with Gasteiger partial charge in [-0.2, -0.15) is 5.10 Å². The van der Waals surface area contributed by atoms with E-state index in [4.69, 9.17) is 4.42 Å². The summed E-state index contributed by atoms with van der Waals surface area (Å²) in [5, 5.41) is 4.26. The SMILES string of the molecule is O=C(c1ccoc1)N1CCCC(n2cccn2)C1. The van der Waals surface area contributed by atoms with E-state index in [2.05, 4.69) is 5.10 Å². The van der Waals surface area contributed by atoms with E-state index in [1.54, 1.807) is 12.3 Å². The molecule has 2 aromatic rings. The Labute approximate surface area is 105 Å². The van der Waals surface area contributed by atoms with Gasteiger partial charge in [0.15, 0.2) is 0 Å². The van der Waals surface area contributed by atoms with Crippen LogP contribution in [0.1, 0.15) is 29.2 Å². The molecule has 18 heavy (non-hydrogen) atoms. The van der Waals surface area contributed by atoms with Crippen LogP contribution in [-0.2, 0) is 0 Å². The van der Waals surface area contributed by atoms with Crippen LogP contribution >= 0.6 is 0 Å². The number of aromatic nitrogens is 2. The van der Waals surface area contributed by atoms with Crippen LogP contribution in [0.15, 0.2) is 41.5 Å². The maximum Gasteiger partial charge on any atom is 0.257 e. The third-order valence-corrected chi connectivity index (χ3v) is 3.35. The van der Waals surface area contributed by atoms with Crippen LogP contribution in [0.5, 0.6) is 0 Å². The third kappa shape index (κ3) is 2.03. The highest BCUT2D eigenvalue weighted by atomic mass is 16.3. The molecule has 1 amide bonds. The number of hydrogen-bond acceptors (Lipinski definition) is 3. The first kappa shape index (κ1) is 11.1. The first-order valence-electron chi connectivity index (χ1n) is 6.15. The average molecular weight is 245 g/mol. The van der Waals surface area contributed by atoms with Crippen molar-refractivity contribution in [1.82, 2.24) is 14.7 Å². The lowest BCUT2D eigenvalue weighted by Crippen LogP contribution is -2.40. The lowest BCUT2D eigenvalue weighted by atomic mass is 10.1. The van der Waals surface area contributed by atoms with Crippen LogP contribution in [0.4, 0.5) is 0 Å². The zero-order valence-corrected chi connectivity index (χ0v) is 10.0. The summed E-state index contributed by atoms with van der Waals surface area (Å²) in [5.74, 6) is 0.0422. The number of likely N-dealkylation sites (tertiary alicyclic amines) is 1.